The fourth-order valence-corrected chi connectivity index (χ4v) is 2.19. The number of nitrogens with one attached hydrogen (secondary N) is 1. The summed E-state index contributed by atoms with van der Waals surface area (Å²) < 4.78 is 39.7. The van der Waals surface area contributed by atoms with E-state index < -0.39 is 29.0 Å². The Labute approximate surface area is 122 Å². The molecule has 0 unspecified atom stereocenters. The fourth-order valence-electron chi connectivity index (χ4n) is 1.47. The van der Waals surface area contributed by atoms with E-state index in [0.717, 1.165) is 17.8 Å². The van der Waals surface area contributed by atoms with Gasteiger partial charge < -0.3 is 10.5 Å². The molecule has 21 heavy (non-hydrogen) atoms. The van der Waals surface area contributed by atoms with Crippen LogP contribution in [-0.2, 0) is 4.79 Å². The number of halogens is 3. The highest BCUT2D eigenvalue weighted by molar-refractivity contribution is 7.99. The van der Waals surface area contributed by atoms with E-state index in [1.807, 2.05) is 0 Å². The number of hydrogen-bond donors (Lipinski definition) is 1. The smallest absolute Gasteiger partial charge is 0.251 e. The first kappa shape index (κ1) is 15.2. The van der Waals surface area contributed by atoms with Crippen molar-refractivity contribution in [3.63, 3.8) is 0 Å². The van der Waals surface area contributed by atoms with Crippen LogP contribution in [0, 0.1) is 22.7 Å². The molecule has 0 fully saturated rings. The molecule has 1 amide bonds. The molecule has 8 heteroatoms. The van der Waals surface area contributed by atoms with Crippen molar-refractivity contribution in [2.24, 2.45) is 0 Å². The van der Waals surface area contributed by atoms with Crippen LogP contribution in [0.2, 0.25) is 0 Å². The molecule has 0 saturated carbocycles. The summed E-state index contributed by atoms with van der Waals surface area (Å²) >= 11 is 0.936. The van der Waals surface area contributed by atoms with Gasteiger partial charge in [-0.25, -0.2) is 13.2 Å². The third-order valence-electron chi connectivity index (χ3n) is 2.45. The van der Waals surface area contributed by atoms with Gasteiger partial charge in [0.2, 0.25) is 5.91 Å². The topological polar surface area (TPSA) is 56.0 Å². The van der Waals surface area contributed by atoms with Crippen LogP contribution >= 0.6 is 11.8 Å². The van der Waals surface area contributed by atoms with Gasteiger partial charge in [-0.05, 0) is 30.0 Å². The molecular formula is C13H9F3N2O2S. The van der Waals surface area contributed by atoms with Gasteiger partial charge in [-0.1, -0.05) is 0 Å². The second-order valence-electron chi connectivity index (χ2n) is 3.92. The lowest BCUT2D eigenvalue weighted by Gasteiger charge is -2.07. The number of nitrogens with zero attached hydrogens (tertiary/aromatic N) is 1. The summed E-state index contributed by atoms with van der Waals surface area (Å²) in [5.74, 6) is -5.27. The van der Waals surface area contributed by atoms with Crippen LogP contribution in [0.3, 0.4) is 0 Å². The third-order valence-corrected chi connectivity index (χ3v) is 3.47. The Kier molecular flexibility index (Phi) is 4.69. The number of pyridine rings is 1. The standard InChI is InChI=1S/C13H9F3N2O2S/c14-8-4-5-9(13(16)12(8)15)17-10(19)7-21-11-3-1-2-6-18(11)20/h1-6H,7H2,(H,17,19). The molecule has 0 aliphatic heterocycles. The Morgan fingerprint density at radius 1 is 1.19 bits per heavy atom. The molecule has 0 bridgehead atoms. The molecule has 1 aromatic carbocycles. The number of aromatic nitrogens is 1. The lowest BCUT2D eigenvalue weighted by molar-refractivity contribution is -0.645. The number of anilines is 1. The number of thioether (sulfide) groups is 1. The first-order valence-corrected chi connectivity index (χ1v) is 6.72. The number of rotatable bonds is 4. The van der Waals surface area contributed by atoms with Crippen molar-refractivity contribution in [3.8, 4) is 0 Å². The van der Waals surface area contributed by atoms with E-state index in [2.05, 4.69) is 5.32 Å². The van der Waals surface area contributed by atoms with Gasteiger partial charge in [0, 0.05) is 12.1 Å². The van der Waals surface area contributed by atoms with E-state index in [1.54, 1.807) is 6.07 Å². The highest BCUT2D eigenvalue weighted by atomic mass is 32.2. The molecule has 0 atom stereocenters. The number of hydrogen-bond acceptors (Lipinski definition) is 3. The van der Waals surface area contributed by atoms with Gasteiger partial charge in [0.25, 0.3) is 5.03 Å². The van der Waals surface area contributed by atoms with Crippen LogP contribution in [0.4, 0.5) is 18.9 Å². The predicted molar refractivity (Wildman–Crippen MR) is 71.1 cm³/mol. The van der Waals surface area contributed by atoms with Gasteiger partial charge >= 0.3 is 0 Å². The normalized spacial score (nSPS) is 10.4. The van der Waals surface area contributed by atoms with Crippen LogP contribution in [0.15, 0.2) is 41.6 Å². The minimum Gasteiger partial charge on any atom is -0.618 e. The van der Waals surface area contributed by atoms with Crippen molar-refractivity contribution in [1.82, 2.24) is 0 Å². The van der Waals surface area contributed by atoms with E-state index >= 15 is 0 Å². The predicted octanol–water partition coefficient (Wildman–Crippen LogP) is 2.47. The second kappa shape index (κ2) is 6.49. The lowest BCUT2D eigenvalue weighted by Crippen LogP contribution is -2.28. The van der Waals surface area contributed by atoms with E-state index in [1.165, 1.54) is 18.3 Å². The largest absolute Gasteiger partial charge is 0.618 e. The Morgan fingerprint density at radius 2 is 1.95 bits per heavy atom. The van der Waals surface area contributed by atoms with E-state index in [4.69, 9.17) is 0 Å². The minimum absolute atomic E-state index is 0.176. The average Bonchev–Trinajstić information content (AvgIpc) is 2.47. The number of carbonyl (C=O) groups excluding carboxylic acids is 1. The maximum atomic E-state index is 13.4. The summed E-state index contributed by atoms with van der Waals surface area (Å²) in [5, 5.41) is 13.7. The third kappa shape index (κ3) is 3.66. The Morgan fingerprint density at radius 3 is 2.67 bits per heavy atom. The molecule has 1 heterocycles. The monoisotopic (exact) mass is 314 g/mol. The molecule has 0 aliphatic rings. The van der Waals surface area contributed by atoms with Crippen LogP contribution < -0.4 is 10.0 Å². The van der Waals surface area contributed by atoms with E-state index in [0.29, 0.717) is 15.8 Å². The highest BCUT2D eigenvalue weighted by Gasteiger charge is 2.16. The van der Waals surface area contributed by atoms with Crippen molar-refractivity contribution in [1.29, 1.82) is 0 Å². The molecule has 1 N–H and O–H groups in total. The minimum atomic E-state index is -1.65. The SMILES string of the molecule is O=C(CSc1cccc[n+]1[O-])Nc1ccc(F)c(F)c1F. The van der Waals surface area contributed by atoms with Crippen molar-refractivity contribution in [2.45, 2.75) is 5.03 Å². The van der Waals surface area contributed by atoms with E-state index in [9.17, 15) is 23.2 Å². The zero-order valence-corrected chi connectivity index (χ0v) is 11.3. The number of benzene rings is 1. The summed E-state index contributed by atoms with van der Waals surface area (Å²) in [6, 6.07) is 6.32. The van der Waals surface area contributed by atoms with Crippen LogP contribution in [0.5, 0.6) is 0 Å². The van der Waals surface area contributed by atoms with E-state index in [-0.39, 0.29) is 5.75 Å². The maximum Gasteiger partial charge on any atom is 0.251 e. The van der Waals surface area contributed by atoms with Gasteiger partial charge in [0.1, 0.15) is 0 Å². The molecule has 1 aromatic heterocycles. The van der Waals surface area contributed by atoms with Crippen molar-refractivity contribution < 1.29 is 22.7 Å². The fraction of sp³-hybridized carbons (Fsp3) is 0.0769. The van der Waals surface area contributed by atoms with Gasteiger partial charge in [0.15, 0.2) is 23.6 Å². The lowest BCUT2D eigenvalue weighted by atomic mass is 10.3. The Bertz CT molecular complexity index is 682. The molecule has 2 aromatic rings. The number of carbonyl (C=O) groups is 1. The Balaban J connectivity index is 2.00. The molecule has 0 aliphatic carbocycles. The first-order chi connectivity index (χ1) is 9.99. The molecule has 0 spiro atoms. The highest BCUT2D eigenvalue weighted by Crippen LogP contribution is 2.20. The van der Waals surface area contributed by atoms with Crippen molar-refractivity contribution in [2.75, 3.05) is 11.1 Å². The number of amides is 1. The average molecular weight is 314 g/mol. The van der Waals surface area contributed by atoms with Gasteiger partial charge in [0.05, 0.1) is 11.4 Å². The molecule has 0 radical (unpaired) electrons. The maximum absolute atomic E-state index is 13.4. The van der Waals surface area contributed by atoms with Crippen molar-refractivity contribution in [3.05, 3.63) is 59.2 Å². The Hall–Kier alpha value is -2.22. The van der Waals surface area contributed by atoms with Crippen LogP contribution in [-0.4, -0.2) is 11.7 Å². The summed E-state index contributed by atoms with van der Waals surface area (Å²) in [6.07, 6.45) is 1.27. The van der Waals surface area contributed by atoms with Crippen LogP contribution in [0.25, 0.3) is 0 Å². The van der Waals surface area contributed by atoms with Crippen LogP contribution in [0.1, 0.15) is 0 Å². The van der Waals surface area contributed by atoms with Gasteiger partial charge in [-0.2, -0.15) is 4.73 Å². The van der Waals surface area contributed by atoms with Gasteiger partial charge in [-0.3, -0.25) is 4.79 Å². The molecule has 110 valence electrons. The van der Waals surface area contributed by atoms with Gasteiger partial charge in [-0.15, -0.1) is 0 Å². The summed E-state index contributed by atoms with van der Waals surface area (Å²) in [4.78, 5) is 11.6. The summed E-state index contributed by atoms with van der Waals surface area (Å²) in [7, 11) is 0. The molecular weight excluding hydrogens is 305 g/mol. The van der Waals surface area contributed by atoms with Crippen molar-refractivity contribution >= 4 is 23.4 Å². The zero-order chi connectivity index (χ0) is 15.4. The quantitative estimate of drug-likeness (QED) is 0.408. The second-order valence-corrected chi connectivity index (χ2v) is 4.92. The zero-order valence-electron chi connectivity index (χ0n) is 10.5. The molecule has 0 saturated heterocycles. The molecule has 4 nitrogen and oxygen atoms in total. The molecule has 2 rings (SSSR count). The summed E-state index contributed by atoms with van der Waals surface area (Å²) in [5.41, 5.74) is -0.456. The first-order valence-electron chi connectivity index (χ1n) is 5.73. The summed E-state index contributed by atoms with van der Waals surface area (Å²) in [6.45, 7) is 0.